The van der Waals surface area contributed by atoms with Gasteiger partial charge in [-0.2, -0.15) is 0 Å². The van der Waals surface area contributed by atoms with Gasteiger partial charge in [0, 0.05) is 88.3 Å². The van der Waals surface area contributed by atoms with Crippen molar-refractivity contribution >= 4 is 73.0 Å². The first-order valence-corrected chi connectivity index (χ1v) is 38.1. The molecule has 0 bridgehead atoms. The Balaban J connectivity index is 0.000000189. The van der Waals surface area contributed by atoms with E-state index in [0.717, 1.165) is 68.6 Å². The lowest BCUT2D eigenvalue weighted by Crippen LogP contribution is -2.30. The van der Waals surface area contributed by atoms with E-state index in [1.54, 1.807) is 0 Å². The van der Waals surface area contributed by atoms with Crippen LogP contribution in [0.3, 0.4) is 0 Å². The quantitative estimate of drug-likeness (QED) is 0.0355. The summed E-state index contributed by atoms with van der Waals surface area (Å²) in [6, 6.07) is 56.4. The standard InChI is InChI=1S/C32H31F4NP2.C20H26NP.C12H6F4IP.C6H15N/c1-2-3-20-37(39(31-16-14-25(33)21-27(31)35)32-17-15-26(34)22-28(32)36)38-29(23-10-6-4-7-11-23)18-19-30(38)24-12-8-5-9-13-24;1-2-3-16-21-22-19(17-10-6-4-7-11-17)14-15-20(22)18-12-8-5-9-13-18;13-7-1-3-11(9(15)5-7)18(17)12-4-2-8(14)6-10(12)16;1-4-7(5-2)6-3/h4-17,21-22,29-30H,2-3,18-20H2,1H3;4-13,19-21H,2-3,14-16H2,1H3;1-6H;4-6H2,1-3H3/t29-,30?,38?;19-,20-;;/m10../s1. The monoisotopic (exact) mass is 1360 g/mol. The summed E-state index contributed by atoms with van der Waals surface area (Å²) in [5.74, 6) is -5.57. The number of hydrogen-bond acceptors (Lipinski definition) is 3. The van der Waals surface area contributed by atoms with E-state index in [9.17, 15) is 26.3 Å². The highest BCUT2D eigenvalue weighted by Crippen LogP contribution is 2.76. The van der Waals surface area contributed by atoms with Gasteiger partial charge in [-0.1, -0.05) is 169 Å². The van der Waals surface area contributed by atoms with Crippen molar-refractivity contribution in [1.29, 1.82) is 0 Å². The predicted molar refractivity (Wildman–Crippen MR) is 359 cm³/mol. The molecule has 3 nitrogen and oxygen atoms in total. The highest BCUT2D eigenvalue weighted by molar-refractivity contribution is 14.2. The maximum atomic E-state index is 15.6. The van der Waals surface area contributed by atoms with Gasteiger partial charge in [0.2, 0.25) is 0 Å². The van der Waals surface area contributed by atoms with Gasteiger partial charge in [-0.15, -0.1) is 0 Å². The average Bonchev–Trinajstić information content (AvgIpc) is 1.61. The number of rotatable bonds is 20. The van der Waals surface area contributed by atoms with E-state index in [0.29, 0.717) is 17.9 Å². The van der Waals surface area contributed by atoms with Gasteiger partial charge in [-0.05, 0) is 174 Å². The Kier molecular flexibility index (Phi) is 28.6. The van der Waals surface area contributed by atoms with Crippen molar-refractivity contribution in [3.05, 3.63) is 263 Å². The molecule has 0 amide bonds. The molecule has 10 rings (SSSR count). The first-order chi connectivity index (χ1) is 41.7. The van der Waals surface area contributed by atoms with Gasteiger partial charge >= 0.3 is 0 Å². The molecule has 456 valence electrons. The third-order valence-electron chi connectivity index (χ3n) is 15.4. The first kappa shape index (κ1) is 69.0. The Morgan fingerprint density at radius 1 is 0.419 bits per heavy atom. The maximum absolute atomic E-state index is 15.6. The second-order valence-electron chi connectivity index (χ2n) is 21.0. The Morgan fingerprint density at radius 3 is 1.03 bits per heavy atom. The summed E-state index contributed by atoms with van der Waals surface area (Å²) in [5, 5.41) is 4.91. The van der Waals surface area contributed by atoms with Crippen LogP contribution in [0.1, 0.15) is 131 Å². The smallest absolute Gasteiger partial charge is 0.135 e. The first-order valence-electron chi connectivity index (χ1n) is 29.8. The zero-order chi connectivity index (χ0) is 61.5. The van der Waals surface area contributed by atoms with Crippen LogP contribution in [-0.4, -0.2) is 42.1 Å². The van der Waals surface area contributed by atoms with E-state index in [4.69, 9.17) is 0 Å². The van der Waals surface area contributed by atoms with Crippen molar-refractivity contribution in [3.8, 4) is 0 Å². The Bertz CT molecular complexity index is 3080. The number of unbranched alkanes of at least 4 members (excludes halogenated alkanes) is 2. The van der Waals surface area contributed by atoms with Gasteiger partial charge in [-0.25, -0.2) is 35.1 Å². The van der Waals surface area contributed by atoms with Crippen LogP contribution in [0.5, 0.6) is 0 Å². The molecule has 86 heavy (non-hydrogen) atoms. The van der Waals surface area contributed by atoms with Gasteiger partial charge in [0.05, 0.1) is 0 Å². The van der Waals surface area contributed by atoms with Crippen molar-refractivity contribution in [1.82, 2.24) is 14.4 Å². The van der Waals surface area contributed by atoms with Gasteiger partial charge in [0.25, 0.3) is 0 Å². The largest absolute Gasteiger partial charge is 0.304 e. The van der Waals surface area contributed by atoms with Crippen LogP contribution in [-0.2, 0) is 0 Å². The molecular formula is C70H78F8IN3P4. The number of benzene rings is 8. The average molecular weight is 1360 g/mol. The highest BCUT2D eigenvalue weighted by Gasteiger charge is 2.45. The van der Waals surface area contributed by atoms with Gasteiger partial charge in [0.15, 0.2) is 0 Å². The summed E-state index contributed by atoms with van der Waals surface area (Å²) in [7, 11) is -2.93. The van der Waals surface area contributed by atoms with E-state index < -0.39 is 68.2 Å². The number of nitrogens with zero attached hydrogens (tertiary/aromatic N) is 2. The third-order valence-corrected chi connectivity index (χ3v) is 29.7. The lowest BCUT2D eigenvalue weighted by molar-refractivity contribution is 0.321. The third kappa shape index (κ3) is 19.0. The minimum absolute atomic E-state index is 0.186. The summed E-state index contributed by atoms with van der Waals surface area (Å²) < 4.78 is 114. The van der Waals surface area contributed by atoms with E-state index in [2.05, 4.69) is 134 Å². The number of hydrogen-bond donors (Lipinski definition) is 1. The molecule has 8 aromatic carbocycles. The Hall–Kier alpha value is -4.47. The fraction of sp³-hybridized carbons (Fsp3) is 0.314. The van der Waals surface area contributed by atoms with E-state index >= 15 is 8.78 Å². The molecule has 0 spiro atoms. The minimum atomic E-state index is -1.76. The summed E-state index contributed by atoms with van der Waals surface area (Å²) in [6.45, 7) is 16.3. The number of nitrogens with one attached hydrogen (secondary N) is 1. The van der Waals surface area contributed by atoms with Gasteiger partial charge in [0.1, 0.15) is 46.5 Å². The lowest BCUT2D eigenvalue weighted by atomic mass is 10.0. The molecule has 0 aromatic heterocycles. The van der Waals surface area contributed by atoms with Crippen LogP contribution in [0.25, 0.3) is 0 Å². The minimum Gasteiger partial charge on any atom is -0.304 e. The second kappa shape index (κ2) is 35.7. The van der Waals surface area contributed by atoms with Crippen LogP contribution in [0.2, 0.25) is 0 Å². The van der Waals surface area contributed by atoms with Crippen molar-refractivity contribution in [2.75, 3.05) is 32.7 Å². The fourth-order valence-corrected chi connectivity index (χ4v) is 25.0. The lowest BCUT2D eigenvalue weighted by Gasteiger charge is -2.42. The topological polar surface area (TPSA) is 18.5 Å². The SMILES string of the molecule is CCCCN(P(c1ccc(F)cc1F)c1ccc(F)cc1F)P1C(c2ccccc2)CC[C@@H]1c1ccccc1.CCCCNP1[C@H](c2ccccc2)CC[C@H]1c1ccccc1.CCN(CC)CC.Fc1ccc(P(I)c2ccc(F)cc2F)c(F)c1. The second-order valence-corrected chi connectivity index (χ2v) is 32.6. The molecule has 0 radical (unpaired) electrons. The number of halogens is 9. The zero-order valence-corrected chi connectivity index (χ0v) is 55.3. The molecule has 2 unspecified atom stereocenters. The summed E-state index contributed by atoms with van der Waals surface area (Å²) in [4.78, 5) is 2.38. The molecule has 16 heteroatoms. The summed E-state index contributed by atoms with van der Waals surface area (Å²) >= 11 is 1.89. The van der Waals surface area contributed by atoms with Crippen LogP contribution in [0.4, 0.5) is 35.1 Å². The van der Waals surface area contributed by atoms with Crippen molar-refractivity contribution in [2.24, 2.45) is 0 Å². The van der Waals surface area contributed by atoms with Gasteiger partial charge < -0.3 is 4.90 Å². The van der Waals surface area contributed by atoms with Crippen LogP contribution in [0.15, 0.2) is 194 Å². The molecule has 2 fully saturated rings. The molecule has 2 saturated heterocycles. The Morgan fingerprint density at radius 2 is 0.733 bits per heavy atom. The normalized spacial score (nSPS) is 17.5. The molecule has 8 aromatic rings. The van der Waals surface area contributed by atoms with Crippen LogP contribution in [0, 0.1) is 46.5 Å². The molecule has 1 N–H and O–H groups in total. The van der Waals surface area contributed by atoms with Crippen LogP contribution < -0.4 is 26.3 Å². The van der Waals surface area contributed by atoms with E-state index in [1.807, 2.05) is 58.4 Å². The molecule has 2 heterocycles. The van der Waals surface area contributed by atoms with Crippen LogP contribution >= 0.6 is 51.8 Å². The fourth-order valence-electron chi connectivity index (χ4n) is 10.9. The summed E-state index contributed by atoms with van der Waals surface area (Å²) in [5.41, 5.74) is 5.94. The maximum Gasteiger partial charge on any atom is 0.135 e. The van der Waals surface area contributed by atoms with Gasteiger partial charge in [-0.3, -0.25) is 9.53 Å². The van der Waals surface area contributed by atoms with Crippen molar-refractivity contribution in [2.45, 2.75) is 109 Å². The summed E-state index contributed by atoms with van der Waals surface area (Å²) in [6.07, 6.45) is 8.84. The molecular weight excluding hydrogens is 1290 g/mol. The molecule has 2 aliphatic rings. The van der Waals surface area contributed by atoms with Crippen molar-refractivity contribution < 1.29 is 35.1 Å². The zero-order valence-electron chi connectivity index (χ0n) is 49.6. The highest BCUT2D eigenvalue weighted by atomic mass is 127. The van der Waals surface area contributed by atoms with E-state index in [-0.39, 0.29) is 40.6 Å². The van der Waals surface area contributed by atoms with E-state index in [1.165, 1.54) is 104 Å². The van der Waals surface area contributed by atoms with Crippen molar-refractivity contribution in [3.63, 3.8) is 0 Å². The molecule has 2 aliphatic heterocycles. The Labute approximate surface area is 523 Å². The molecule has 0 aliphatic carbocycles. The molecule has 0 saturated carbocycles. The predicted octanol–water partition coefficient (Wildman–Crippen LogP) is 20.8. The molecule has 5 atom stereocenters.